The van der Waals surface area contributed by atoms with Crippen LogP contribution in [0.15, 0.2) is 36.5 Å². The minimum absolute atomic E-state index is 0.0696. The second-order valence-corrected chi connectivity index (χ2v) is 24.9. The van der Waals surface area contributed by atoms with Crippen LogP contribution in [0.25, 0.3) is 0 Å². The van der Waals surface area contributed by atoms with Gasteiger partial charge in [0.1, 0.15) is 13.2 Å². The van der Waals surface area contributed by atoms with Crippen molar-refractivity contribution in [2.75, 3.05) is 13.2 Å². The molecular formula is C75H140O6. The number of allylic oxidation sites excluding steroid dienone is 6. The van der Waals surface area contributed by atoms with Crippen molar-refractivity contribution in [3.8, 4) is 0 Å². The van der Waals surface area contributed by atoms with Gasteiger partial charge in [0.15, 0.2) is 6.10 Å². The lowest BCUT2D eigenvalue weighted by Gasteiger charge is -2.18. The molecule has 81 heavy (non-hydrogen) atoms. The van der Waals surface area contributed by atoms with Crippen LogP contribution in [0.4, 0.5) is 0 Å². The summed E-state index contributed by atoms with van der Waals surface area (Å²) in [5, 5.41) is 0. The number of unbranched alkanes of at least 4 members (excludes halogenated alkanes) is 51. The molecule has 0 heterocycles. The van der Waals surface area contributed by atoms with Crippen molar-refractivity contribution in [3.05, 3.63) is 36.5 Å². The van der Waals surface area contributed by atoms with E-state index in [1.807, 2.05) is 0 Å². The van der Waals surface area contributed by atoms with Crippen molar-refractivity contribution in [1.29, 1.82) is 0 Å². The monoisotopic (exact) mass is 1140 g/mol. The largest absolute Gasteiger partial charge is 0.462 e. The highest BCUT2D eigenvalue weighted by Gasteiger charge is 2.19. The first-order chi connectivity index (χ1) is 40.0. The highest BCUT2D eigenvalue weighted by atomic mass is 16.6. The summed E-state index contributed by atoms with van der Waals surface area (Å²) >= 11 is 0. The summed E-state index contributed by atoms with van der Waals surface area (Å²) in [6.07, 6.45) is 87.6. The third-order valence-corrected chi connectivity index (χ3v) is 16.6. The summed E-state index contributed by atoms with van der Waals surface area (Å²) < 4.78 is 17.0. The van der Waals surface area contributed by atoms with Crippen LogP contribution in [-0.2, 0) is 28.6 Å². The number of carbonyl (C=O) groups is 3. The van der Waals surface area contributed by atoms with Crippen LogP contribution in [0.3, 0.4) is 0 Å². The van der Waals surface area contributed by atoms with Gasteiger partial charge in [0, 0.05) is 19.3 Å². The Kier molecular flexibility index (Phi) is 68.1. The zero-order valence-corrected chi connectivity index (χ0v) is 54.8. The van der Waals surface area contributed by atoms with Crippen LogP contribution in [0.1, 0.15) is 406 Å². The molecule has 0 aromatic heterocycles. The zero-order chi connectivity index (χ0) is 58.5. The Balaban J connectivity index is 4.16. The molecular weight excluding hydrogens is 997 g/mol. The topological polar surface area (TPSA) is 78.9 Å². The lowest BCUT2D eigenvalue weighted by Crippen LogP contribution is -2.30. The Morgan fingerprint density at radius 2 is 0.444 bits per heavy atom. The predicted octanol–water partition coefficient (Wildman–Crippen LogP) is 25.1. The first-order valence-corrected chi connectivity index (χ1v) is 36.5. The van der Waals surface area contributed by atoms with Gasteiger partial charge in [0.2, 0.25) is 0 Å². The minimum atomic E-state index is -0.774. The van der Waals surface area contributed by atoms with E-state index in [9.17, 15) is 14.4 Å². The zero-order valence-electron chi connectivity index (χ0n) is 54.8. The van der Waals surface area contributed by atoms with E-state index in [0.717, 1.165) is 70.6 Å². The quantitative estimate of drug-likeness (QED) is 0.0261. The molecule has 0 saturated carbocycles. The molecule has 0 amide bonds. The third kappa shape index (κ3) is 68.3. The summed E-state index contributed by atoms with van der Waals surface area (Å²) in [6.45, 7) is 6.68. The van der Waals surface area contributed by atoms with E-state index in [4.69, 9.17) is 14.2 Å². The van der Waals surface area contributed by atoms with Crippen molar-refractivity contribution in [2.45, 2.75) is 412 Å². The molecule has 0 aromatic carbocycles. The lowest BCUT2D eigenvalue weighted by atomic mass is 10.0. The van der Waals surface area contributed by atoms with Crippen LogP contribution in [-0.4, -0.2) is 37.2 Å². The average molecular weight is 1140 g/mol. The van der Waals surface area contributed by atoms with E-state index < -0.39 is 6.10 Å². The molecule has 0 N–H and O–H groups in total. The van der Waals surface area contributed by atoms with Gasteiger partial charge in [-0.1, -0.05) is 346 Å². The maximum absolute atomic E-state index is 12.9. The van der Waals surface area contributed by atoms with E-state index in [2.05, 4.69) is 57.2 Å². The molecule has 0 spiro atoms. The van der Waals surface area contributed by atoms with Crippen LogP contribution < -0.4 is 0 Å². The number of esters is 3. The second kappa shape index (κ2) is 70.1. The Morgan fingerprint density at radius 3 is 0.716 bits per heavy atom. The maximum Gasteiger partial charge on any atom is 0.306 e. The Hall–Kier alpha value is -2.37. The van der Waals surface area contributed by atoms with Gasteiger partial charge in [-0.3, -0.25) is 14.4 Å². The molecule has 0 radical (unpaired) electrons. The van der Waals surface area contributed by atoms with Gasteiger partial charge < -0.3 is 14.2 Å². The summed E-state index contributed by atoms with van der Waals surface area (Å²) in [7, 11) is 0. The van der Waals surface area contributed by atoms with Gasteiger partial charge in [0.25, 0.3) is 0 Å². The van der Waals surface area contributed by atoms with Crippen LogP contribution in [0.5, 0.6) is 0 Å². The fourth-order valence-corrected chi connectivity index (χ4v) is 11.1. The molecule has 6 heteroatoms. The van der Waals surface area contributed by atoms with Crippen LogP contribution in [0, 0.1) is 0 Å². The molecule has 0 aromatic rings. The maximum atomic E-state index is 12.9. The highest BCUT2D eigenvalue weighted by Crippen LogP contribution is 2.19. The molecule has 0 aliphatic carbocycles. The second-order valence-electron chi connectivity index (χ2n) is 24.9. The summed E-state index contributed by atoms with van der Waals surface area (Å²) in [5.74, 6) is -0.847. The first-order valence-electron chi connectivity index (χ1n) is 36.5. The molecule has 0 saturated heterocycles. The fraction of sp³-hybridized carbons (Fsp3) is 0.880. The Labute approximate surface area is 506 Å². The van der Waals surface area contributed by atoms with E-state index in [-0.39, 0.29) is 31.1 Å². The predicted molar refractivity (Wildman–Crippen MR) is 353 cm³/mol. The number of ether oxygens (including phenoxy) is 3. The standard InChI is InChI=1S/C75H140O6/c1-4-7-10-13-16-19-22-25-28-30-31-32-33-34-35-36-37-38-39-40-41-42-43-45-47-50-53-56-59-62-65-68-74(77)80-71-72(70-79-73(76)67-64-61-58-55-52-49-46-27-24-21-18-15-12-9-6-3)81-75(78)69-66-63-60-57-54-51-48-44-29-26-23-20-17-14-11-8-5-2/h17,20,26,29-31,72H,4-16,18-19,21-25,27-28,32-71H2,1-3H3/b20-17-,29-26-,31-30-. The van der Waals surface area contributed by atoms with Gasteiger partial charge in [-0.05, 0) is 77.0 Å². The van der Waals surface area contributed by atoms with Crippen LogP contribution >= 0.6 is 0 Å². The molecule has 0 rings (SSSR count). The smallest absolute Gasteiger partial charge is 0.306 e. The van der Waals surface area contributed by atoms with E-state index in [1.165, 1.54) is 295 Å². The third-order valence-electron chi connectivity index (χ3n) is 16.6. The van der Waals surface area contributed by atoms with Gasteiger partial charge in [-0.15, -0.1) is 0 Å². The molecule has 0 fully saturated rings. The van der Waals surface area contributed by atoms with Gasteiger partial charge in [-0.25, -0.2) is 0 Å². The van der Waals surface area contributed by atoms with Crippen LogP contribution in [0.2, 0.25) is 0 Å². The first kappa shape index (κ1) is 78.6. The van der Waals surface area contributed by atoms with Gasteiger partial charge >= 0.3 is 17.9 Å². The van der Waals surface area contributed by atoms with Crippen molar-refractivity contribution in [3.63, 3.8) is 0 Å². The SMILES string of the molecule is CCCCC/C=C\C/C=C\CCCCCCCCCC(=O)OC(COC(=O)CCCCCCCCCCCCCCCCC)COC(=O)CCCCCCCCCCCCCCCCCCCCC/C=C\CCCCCCCCCC. The molecule has 476 valence electrons. The molecule has 1 unspecified atom stereocenters. The molecule has 0 bridgehead atoms. The molecule has 0 aliphatic heterocycles. The number of rotatable bonds is 68. The molecule has 0 aliphatic rings. The molecule has 1 atom stereocenters. The fourth-order valence-electron chi connectivity index (χ4n) is 11.1. The summed E-state index contributed by atoms with van der Waals surface area (Å²) in [4.78, 5) is 38.4. The minimum Gasteiger partial charge on any atom is -0.462 e. The lowest BCUT2D eigenvalue weighted by molar-refractivity contribution is -0.167. The highest BCUT2D eigenvalue weighted by molar-refractivity contribution is 5.71. The van der Waals surface area contributed by atoms with E-state index in [1.54, 1.807) is 0 Å². The van der Waals surface area contributed by atoms with Crippen molar-refractivity contribution in [1.82, 2.24) is 0 Å². The van der Waals surface area contributed by atoms with E-state index >= 15 is 0 Å². The number of hydrogen-bond donors (Lipinski definition) is 0. The normalized spacial score (nSPS) is 12.2. The Morgan fingerprint density at radius 1 is 0.247 bits per heavy atom. The number of hydrogen-bond acceptors (Lipinski definition) is 6. The van der Waals surface area contributed by atoms with Crippen molar-refractivity contribution >= 4 is 17.9 Å². The summed E-state index contributed by atoms with van der Waals surface area (Å²) in [6, 6.07) is 0. The Bertz CT molecular complexity index is 1350. The van der Waals surface area contributed by atoms with Gasteiger partial charge in [0.05, 0.1) is 0 Å². The molecule has 6 nitrogen and oxygen atoms in total. The average Bonchev–Trinajstić information content (AvgIpc) is 3.47. The van der Waals surface area contributed by atoms with Crippen molar-refractivity contribution < 1.29 is 28.6 Å². The van der Waals surface area contributed by atoms with Gasteiger partial charge in [-0.2, -0.15) is 0 Å². The van der Waals surface area contributed by atoms with E-state index in [0.29, 0.717) is 19.3 Å². The summed E-state index contributed by atoms with van der Waals surface area (Å²) in [5.41, 5.74) is 0. The van der Waals surface area contributed by atoms with Crippen molar-refractivity contribution in [2.24, 2.45) is 0 Å². The number of carbonyl (C=O) groups excluding carboxylic acids is 3.